The van der Waals surface area contributed by atoms with Gasteiger partial charge in [-0.05, 0) is 39.7 Å². The lowest BCUT2D eigenvalue weighted by atomic mass is 10.1. The molecule has 6 nitrogen and oxygen atoms in total. The molecule has 0 spiro atoms. The van der Waals surface area contributed by atoms with Gasteiger partial charge in [-0.1, -0.05) is 11.6 Å². The number of carbonyl (C=O) groups is 1. The molecule has 0 radical (unpaired) electrons. The summed E-state index contributed by atoms with van der Waals surface area (Å²) in [5, 5.41) is -1.21. The lowest BCUT2D eigenvalue weighted by Crippen LogP contribution is -2.47. The van der Waals surface area contributed by atoms with Gasteiger partial charge in [-0.2, -0.15) is 0 Å². The molecule has 1 fully saturated rings. The number of hydrogen-bond donors (Lipinski definition) is 0. The number of halogens is 2. The summed E-state index contributed by atoms with van der Waals surface area (Å²) in [7, 11) is -3.82. The number of ether oxygens (including phenoxy) is 1. The summed E-state index contributed by atoms with van der Waals surface area (Å²) in [4.78, 5) is 16.8. The van der Waals surface area contributed by atoms with Crippen LogP contribution in [-0.2, 0) is 14.6 Å². The smallest absolute Gasteiger partial charge is 0.410 e. The number of rotatable bonds is 2. The van der Waals surface area contributed by atoms with E-state index in [2.05, 4.69) is 4.98 Å². The third-order valence-corrected chi connectivity index (χ3v) is 5.99. The second kappa shape index (κ2) is 6.84. The summed E-state index contributed by atoms with van der Waals surface area (Å²) in [5.41, 5.74) is -0.661. The molecule has 1 saturated heterocycles. The number of likely N-dealkylation sites (tertiary alicyclic amines) is 1. The van der Waals surface area contributed by atoms with Gasteiger partial charge in [0.05, 0.1) is 10.1 Å². The number of amides is 1. The summed E-state index contributed by atoms with van der Waals surface area (Å²) in [5.74, 6) is -0.891. The molecule has 1 aromatic rings. The van der Waals surface area contributed by atoms with E-state index < -0.39 is 32.6 Å². The van der Waals surface area contributed by atoms with Gasteiger partial charge in [-0.25, -0.2) is 22.6 Å². The van der Waals surface area contributed by atoms with Crippen molar-refractivity contribution in [3.8, 4) is 0 Å². The zero-order valence-corrected chi connectivity index (χ0v) is 15.3. The Bertz CT molecular complexity index is 733. The Kier molecular flexibility index (Phi) is 5.39. The predicted molar refractivity (Wildman–Crippen MR) is 87.2 cm³/mol. The third kappa shape index (κ3) is 4.36. The monoisotopic (exact) mass is 378 g/mol. The van der Waals surface area contributed by atoms with Gasteiger partial charge >= 0.3 is 6.09 Å². The van der Waals surface area contributed by atoms with Crippen molar-refractivity contribution < 1.29 is 22.3 Å². The van der Waals surface area contributed by atoms with Crippen LogP contribution >= 0.6 is 11.6 Å². The highest BCUT2D eigenvalue weighted by atomic mass is 35.5. The molecule has 24 heavy (non-hydrogen) atoms. The van der Waals surface area contributed by atoms with E-state index in [1.165, 1.54) is 4.90 Å². The second-order valence-corrected chi connectivity index (χ2v) is 9.27. The molecule has 2 heterocycles. The highest BCUT2D eigenvalue weighted by Gasteiger charge is 2.35. The molecule has 0 bridgehead atoms. The number of sulfone groups is 1. The minimum Gasteiger partial charge on any atom is -0.444 e. The topological polar surface area (TPSA) is 76.6 Å². The Morgan fingerprint density at radius 3 is 2.71 bits per heavy atom. The fraction of sp³-hybridized carbons (Fsp3) is 0.600. The number of aromatic nitrogens is 1. The van der Waals surface area contributed by atoms with Crippen molar-refractivity contribution in [3.05, 3.63) is 23.2 Å². The maximum atomic E-state index is 13.5. The van der Waals surface area contributed by atoms with Gasteiger partial charge in [0.1, 0.15) is 5.60 Å². The van der Waals surface area contributed by atoms with Crippen molar-refractivity contribution >= 4 is 27.5 Å². The summed E-state index contributed by atoms with van der Waals surface area (Å²) in [6.07, 6.45) is 1.38. The van der Waals surface area contributed by atoms with Crippen LogP contribution in [0.2, 0.25) is 5.15 Å². The summed E-state index contributed by atoms with van der Waals surface area (Å²) < 4.78 is 44.2. The third-order valence-electron chi connectivity index (χ3n) is 3.57. The van der Waals surface area contributed by atoms with E-state index in [1.807, 2.05) is 0 Å². The van der Waals surface area contributed by atoms with Crippen molar-refractivity contribution in [2.45, 2.75) is 49.4 Å². The van der Waals surface area contributed by atoms with Crippen LogP contribution in [0.15, 0.2) is 17.2 Å². The minimum atomic E-state index is -3.82. The van der Waals surface area contributed by atoms with Crippen molar-refractivity contribution in [1.29, 1.82) is 0 Å². The standard InChI is InChI=1S/C15H20ClFN2O4S/c1-15(2,3)23-14(20)19-6-4-5-10(9-19)24(21,22)11-7-12(17)13(16)18-8-11/h7-8,10H,4-6,9H2,1-3H3/t10-/m1/s1. The van der Waals surface area contributed by atoms with E-state index in [0.717, 1.165) is 12.3 Å². The Morgan fingerprint density at radius 1 is 1.46 bits per heavy atom. The fourth-order valence-electron chi connectivity index (χ4n) is 2.44. The summed E-state index contributed by atoms with van der Waals surface area (Å²) in [6.45, 7) is 5.65. The van der Waals surface area contributed by atoms with Gasteiger partial charge < -0.3 is 9.64 Å². The van der Waals surface area contributed by atoms with E-state index in [0.29, 0.717) is 19.4 Å². The Labute approximate surface area is 145 Å². The molecule has 2 rings (SSSR count). The fourth-order valence-corrected chi connectivity index (χ4v) is 4.24. The van der Waals surface area contributed by atoms with Gasteiger partial charge in [0.25, 0.3) is 0 Å². The highest BCUT2D eigenvalue weighted by Crippen LogP contribution is 2.26. The Morgan fingerprint density at radius 2 is 2.12 bits per heavy atom. The van der Waals surface area contributed by atoms with Crippen molar-refractivity contribution in [1.82, 2.24) is 9.88 Å². The predicted octanol–water partition coefficient (Wildman–Crippen LogP) is 3.05. The average molecular weight is 379 g/mol. The van der Waals surface area contributed by atoms with Crippen LogP contribution in [0.25, 0.3) is 0 Å². The molecule has 0 saturated carbocycles. The number of hydrogen-bond acceptors (Lipinski definition) is 5. The second-order valence-electron chi connectivity index (χ2n) is 6.68. The molecule has 0 unspecified atom stereocenters. The van der Waals surface area contributed by atoms with Crippen LogP contribution in [0.3, 0.4) is 0 Å². The first-order valence-electron chi connectivity index (χ1n) is 7.53. The molecule has 1 amide bonds. The maximum Gasteiger partial charge on any atom is 0.410 e. The largest absolute Gasteiger partial charge is 0.444 e. The number of piperidine rings is 1. The number of carbonyl (C=O) groups excluding carboxylic acids is 1. The van der Waals surface area contributed by atoms with E-state index >= 15 is 0 Å². The van der Waals surface area contributed by atoms with Gasteiger partial charge in [0, 0.05) is 19.3 Å². The van der Waals surface area contributed by atoms with Gasteiger partial charge in [-0.3, -0.25) is 0 Å². The van der Waals surface area contributed by atoms with Crippen molar-refractivity contribution in [2.24, 2.45) is 0 Å². The molecule has 0 aromatic carbocycles. The summed E-state index contributed by atoms with van der Waals surface area (Å²) in [6, 6.07) is 0.858. The Balaban J connectivity index is 2.18. The normalized spacial score (nSPS) is 19.2. The zero-order valence-electron chi connectivity index (χ0n) is 13.8. The quantitative estimate of drug-likeness (QED) is 0.739. The molecule has 1 atom stereocenters. The molecule has 9 heteroatoms. The maximum absolute atomic E-state index is 13.5. The van der Waals surface area contributed by atoms with E-state index in [-0.39, 0.29) is 16.6 Å². The highest BCUT2D eigenvalue weighted by molar-refractivity contribution is 7.92. The number of pyridine rings is 1. The van der Waals surface area contributed by atoms with Crippen molar-refractivity contribution in [3.63, 3.8) is 0 Å². The lowest BCUT2D eigenvalue weighted by Gasteiger charge is -2.33. The molecule has 1 aliphatic heterocycles. The van der Waals surface area contributed by atoms with E-state index in [4.69, 9.17) is 16.3 Å². The molecule has 134 valence electrons. The van der Waals surface area contributed by atoms with Crippen LogP contribution in [0.4, 0.5) is 9.18 Å². The van der Waals surface area contributed by atoms with Crippen LogP contribution in [0.5, 0.6) is 0 Å². The molecule has 1 aliphatic rings. The first-order valence-corrected chi connectivity index (χ1v) is 9.46. The minimum absolute atomic E-state index is 0.00148. The van der Waals surface area contributed by atoms with Crippen LogP contribution in [-0.4, -0.2) is 48.3 Å². The lowest BCUT2D eigenvalue weighted by molar-refractivity contribution is 0.0219. The first kappa shape index (κ1) is 18.9. The molecule has 0 N–H and O–H groups in total. The van der Waals surface area contributed by atoms with Gasteiger partial charge in [-0.15, -0.1) is 0 Å². The van der Waals surface area contributed by atoms with Gasteiger partial charge in [0.15, 0.2) is 20.8 Å². The van der Waals surface area contributed by atoms with Crippen LogP contribution in [0.1, 0.15) is 33.6 Å². The Hall–Kier alpha value is -1.41. The van der Waals surface area contributed by atoms with E-state index in [1.54, 1.807) is 20.8 Å². The zero-order chi connectivity index (χ0) is 18.1. The average Bonchev–Trinajstić information content (AvgIpc) is 2.48. The summed E-state index contributed by atoms with van der Waals surface area (Å²) >= 11 is 5.49. The molecule has 1 aromatic heterocycles. The van der Waals surface area contributed by atoms with Crippen LogP contribution in [0, 0.1) is 5.82 Å². The molecular formula is C15H20ClFN2O4S. The SMILES string of the molecule is CC(C)(C)OC(=O)N1CCC[C@@H](S(=O)(=O)c2cnc(Cl)c(F)c2)C1. The molecule has 0 aliphatic carbocycles. The number of nitrogens with zero attached hydrogens (tertiary/aromatic N) is 2. The van der Waals surface area contributed by atoms with Gasteiger partial charge in [0.2, 0.25) is 0 Å². The molecular weight excluding hydrogens is 359 g/mol. The van der Waals surface area contributed by atoms with Crippen LogP contribution < -0.4 is 0 Å². The first-order chi connectivity index (χ1) is 11.0. The van der Waals surface area contributed by atoms with E-state index in [9.17, 15) is 17.6 Å². The van der Waals surface area contributed by atoms with Crippen molar-refractivity contribution in [2.75, 3.05) is 13.1 Å².